The molecular weight excluding hydrogens is 242 g/mol. The summed E-state index contributed by atoms with van der Waals surface area (Å²) in [6, 6.07) is 0. The molecule has 2 fully saturated rings. The Labute approximate surface area is 102 Å². The van der Waals surface area contributed by atoms with Crippen LogP contribution in [0.5, 0.6) is 0 Å². The molecule has 5 nitrogen and oxygen atoms in total. The minimum atomic E-state index is -3.23. The summed E-state index contributed by atoms with van der Waals surface area (Å²) in [7, 11) is -3.23. The number of carboxylic acid groups (broad SMARTS) is 1. The molecule has 0 spiro atoms. The Morgan fingerprint density at radius 1 is 1.41 bits per heavy atom. The second-order valence-electron chi connectivity index (χ2n) is 5.47. The van der Waals surface area contributed by atoms with Gasteiger partial charge in [-0.05, 0) is 18.8 Å². The fraction of sp³-hybridized carbons (Fsp3) is 0.909. The largest absolute Gasteiger partial charge is 0.481 e. The number of hydrogen-bond donors (Lipinski definition) is 1. The van der Waals surface area contributed by atoms with E-state index in [-0.39, 0.29) is 18.2 Å². The SMILES string of the molecule is CC1CN(CC2(C(=O)O)CCCC2)S(=O)(=O)C1. The van der Waals surface area contributed by atoms with Crippen LogP contribution in [0.3, 0.4) is 0 Å². The van der Waals surface area contributed by atoms with Gasteiger partial charge in [-0.1, -0.05) is 19.8 Å². The maximum absolute atomic E-state index is 11.9. The van der Waals surface area contributed by atoms with Crippen molar-refractivity contribution in [2.24, 2.45) is 11.3 Å². The van der Waals surface area contributed by atoms with Gasteiger partial charge in [-0.2, -0.15) is 0 Å². The molecule has 1 N–H and O–H groups in total. The summed E-state index contributed by atoms with van der Waals surface area (Å²) < 4.78 is 25.1. The molecule has 98 valence electrons. The van der Waals surface area contributed by atoms with E-state index in [1.165, 1.54) is 4.31 Å². The Balaban J connectivity index is 2.17. The van der Waals surface area contributed by atoms with Crippen LogP contribution < -0.4 is 0 Å². The van der Waals surface area contributed by atoms with E-state index in [9.17, 15) is 18.3 Å². The van der Waals surface area contributed by atoms with Crippen molar-refractivity contribution in [3.05, 3.63) is 0 Å². The van der Waals surface area contributed by atoms with Crippen molar-refractivity contribution in [2.45, 2.75) is 32.6 Å². The highest BCUT2D eigenvalue weighted by Crippen LogP contribution is 2.40. The molecule has 1 aliphatic heterocycles. The van der Waals surface area contributed by atoms with Gasteiger partial charge in [0.15, 0.2) is 0 Å². The molecule has 0 radical (unpaired) electrons. The summed E-state index contributed by atoms with van der Waals surface area (Å²) in [6.07, 6.45) is 2.97. The molecule has 0 bridgehead atoms. The van der Waals surface area contributed by atoms with Gasteiger partial charge in [0.2, 0.25) is 10.0 Å². The topological polar surface area (TPSA) is 74.7 Å². The summed E-state index contributed by atoms with van der Waals surface area (Å²) >= 11 is 0. The monoisotopic (exact) mass is 261 g/mol. The van der Waals surface area contributed by atoms with E-state index in [1.807, 2.05) is 6.92 Å². The fourth-order valence-electron chi connectivity index (χ4n) is 2.97. The number of sulfonamides is 1. The van der Waals surface area contributed by atoms with E-state index in [2.05, 4.69) is 0 Å². The van der Waals surface area contributed by atoms with Gasteiger partial charge in [0.25, 0.3) is 0 Å². The standard InChI is InChI=1S/C11H19NO4S/c1-9-6-12(17(15,16)7-9)8-11(10(13)14)4-2-3-5-11/h9H,2-8H2,1H3,(H,13,14). The van der Waals surface area contributed by atoms with Gasteiger partial charge in [0.05, 0.1) is 11.2 Å². The summed E-state index contributed by atoms with van der Waals surface area (Å²) in [6.45, 7) is 2.52. The summed E-state index contributed by atoms with van der Waals surface area (Å²) in [5.74, 6) is -0.583. The molecular formula is C11H19NO4S. The van der Waals surface area contributed by atoms with Crippen LogP contribution in [0.2, 0.25) is 0 Å². The number of rotatable bonds is 3. The predicted molar refractivity (Wildman–Crippen MR) is 63.1 cm³/mol. The molecule has 1 atom stereocenters. The van der Waals surface area contributed by atoms with E-state index >= 15 is 0 Å². The average Bonchev–Trinajstić information content (AvgIpc) is 2.73. The highest BCUT2D eigenvalue weighted by atomic mass is 32.2. The highest BCUT2D eigenvalue weighted by Gasteiger charge is 2.46. The number of hydrogen-bond acceptors (Lipinski definition) is 3. The predicted octanol–water partition coefficient (Wildman–Crippen LogP) is 0.913. The van der Waals surface area contributed by atoms with Crippen molar-refractivity contribution < 1.29 is 18.3 Å². The van der Waals surface area contributed by atoms with Gasteiger partial charge in [-0.25, -0.2) is 12.7 Å². The Morgan fingerprint density at radius 3 is 2.41 bits per heavy atom. The first kappa shape index (κ1) is 12.8. The molecule has 1 aliphatic carbocycles. The molecule has 1 saturated heterocycles. The lowest BCUT2D eigenvalue weighted by molar-refractivity contribution is -0.149. The number of nitrogens with zero attached hydrogens (tertiary/aromatic N) is 1. The van der Waals surface area contributed by atoms with Crippen molar-refractivity contribution in [1.29, 1.82) is 0 Å². The van der Waals surface area contributed by atoms with Crippen molar-refractivity contribution in [1.82, 2.24) is 4.31 Å². The summed E-state index contributed by atoms with van der Waals surface area (Å²) in [5.41, 5.74) is -0.836. The van der Waals surface area contributed by atoms with E-state index in [1.54, 1.807) is 0 Å². The molecule has 2 rings (SSSR count). The molecule has 17 heavy (non-hydrogen) atoms. The third-order valence-corrected chi connectivity index (χ3v) is 5.95. The fourth-order valence-corrected chi connectivity index (χ4v) is 4.93. The van der Waals surface area contributed by atoms with Crippen LogP contribution >= 0.6 is 0 Å². The molecule has 2 aliphatic rings. The number of carbonyl (C=O) groups is 1. The second kappa shape index (κ2) is 4.24. The quantitative estimate of drug-likeness (QED) is 0.819. The van der Waals surface area contributed by atoms with Crippen LogP contribution in [-0.4, -0.2) is 42.6 Å². The smallest absolute Gasteiger partial charge is 0.310 e. The van der Waals surface area contributed by atoms with Crippen LogP contribution in [0.1, 0.15) is 32.6 Å². The van der Waals surface area contributed by atoms with E-state index in [0.717, 1.165) is 12.8 Å². The number of aliphatic carboxylic acids is 1. The first-order valence-corrected chi connectivity index (χ1v) is 7.68. The average molecular weight is 261 g/mol. The lowest BCUT2D eigenvalue weighted by atomic mass is 9.86. The maximum Gasteiger partial charge on any atom is 0.310 e. The van der Waals surface area contributed by atoms with Crippen LogP contribution in [-0.2, 0) is 14.8 Å². The zero-order chi connectivity index (χ0) is 12.7. The molecule has 1 heterocycles. The van der Waals surface area contributed by atoms with Crippen molar-refractivity contribution in [3.8, 4) is 0 Å². The molecule has 1 saturated carbocycles. The lowest BCUT2D eigenvalue weighted by Crippen LogP contribution is -2.42. The second-order valence-corrected chi connectivity index (χ2v) is 7.48. The molecule has 0 amide bonds. The Bertz CT molecular complexity index is 411. The van der Waals surface area contributed by atoms with Crippen LogP contribution in [0.25, 0.3) is 0 Å². The van der Waals surface area contributed by atoms with Gasteiger partial charge in [-0.15, -0.1) is 0 Å². The summed E-state index contributed by atoms with van der Waals surface area (Å²) in [5, 5.41) is 9.34. The number of carboxylic acids is 1. The molecule has 6 heteroatoms. The van der Waals surface area contributed by atoms with Gasteiger partial charge in [0, 0.05) is 13.1 Å². The third kappa shape index (κ3) is 2.33. The van der Waals surface area contributed by atoms with E-state index < -0.39 is 21.4 Å². The maximum atomic E-state index is 11.9. The molecule has 1 unspecified atom stereocenters. The minimum absolute atomic E-state index is 0.104. The van der Waals surface area contributed by atoms with Crippen molar-refractivity contribution >= 4 is 16.0 Å². The third-order valence-electron chi connectivity index (χ3n) is 3.90. The van der Waals surface area contributed by atoms with Crippen LogP contribution in [0.4, 0.5) is 0 Å². The first-order chi connectivity index (χ1) is 7.86. The van der Waals surface area contributed by atoms with Crippen LogP contribution in [0, 0.1) is 11.3 Å². The summed E-state index contributed by atoms with van der Waals surface area (Å²) in [4.78, 5) is 11.4. The van der Waals surface area contributed by atoms with Gasteiger partial charge >= 0.3 is 5.97 Å². The Kier molecular flexibility index (Phi) is 3.20. The van der Waals surface area contributed by atoms with E-state index in [0.29, 0.717) is 19.4 Å². The van der Waals surface area contributed by atoms with Crippen LogP contribution in [0.15, 0.2) is 0 Å². The van der Waals surface area contributed by atoms with Crippen molar-refractivity contribution in [3.63, 3.8) is 0 Å². The van der Waals surface area contributed by atoms with E-state index in [4.69, 9.17) is 0 Å². The normalized spacial score (nSPS) is 31.7. The molecule has 0 aromatic carbocycles. The van der Waals surface area contributed by atoms with Gasteiger partial charge in [-0.3, -0.25) is 4.79 Å². The minimum Gasteiger partial charge on any atom is -0.481 e. The van der Waals surface area contributed by atoms with Crippen molar-refractivity contribution in [2.75, 3.05) is 18.8 Å². The Morgan fingerprint density at radius 2 is 2.00 bits per heavy atom. The molecule has 0 aromatic heterocycles. The lowest BCUT2D eigenvalue weighted by Gasteiger charge is -2.28. The molecule has 0 aromatic rings. The Hall–Kier alpha value is -0.620. The zero-order valence-corrected chi connectivity index (χ0v) is 10.9. The van der Waals surface area contributed by atoms with Gasteiger partial charge < -0.3 is 5.11 Å². The van der Waals surface area contributed by atoms with Gasteiger partial charge in [0.1, 0.15) is 0 Å². The zero-order valence-electron chi connectivity index (χ0n) is 10.1. The highest BCUT2D eigenvalue weighted by molar-refractivity contribution is 7.89. The first-order valence-electron chi connectivity index (χ1n) is 6.07.